The van der Waals surface area contributed by atoms with E-state index in [9.17, 15) is 0 Å². The highest BCUT2D eigenvalue weighted by atomic mass is 16.3. The molecular formula is C8H16O3. The van der Waals surface area contributed by atoms with E-state index in [1.165, 1.54) is 0 Å². The quantitative estimate of drug-likeness (QED) is 0.498. The van der Waals surface area contributed by atoms with Gasteiger partial charge in [0, 0.05) is 6.61 Å². The third kappa shape index (κ3) is 6.04. The van der Waals surface area contributed by atoms with Crippen LogP contribution >= 0.6 is 0 Å². The molecule has 3 N–H and O–H groups in total. The molecule has 0 saturated carbocycles. The summed E-state index contributed by atoms with van der Waals surface area (Å²) in [5.74, 6) is 0. The zero-order valence-corrected chi connectivity index (χ0v) is 6.82. The molecule has 0 fully saturated rings. The van der Waals surface area contributed by atoms with E-state index in [1.807, 2.05) is 13.0 Å². The fourth-order valence-corrected chi connectivity index (χ4v) is 0.830. The van der Waals surface area contributed by atoms with Crippen molar-refractivity contribution in [1.82, 2.24) is 0 Å². The van der Waals surface area contributed by atoms with E-state index in [0.29, 0.717) is 12.8 Å². The predicted octanol–water partition coefficient (Wildman–Crippen LogP) is 0.0584. The Kier molecular flexibility index (Phi) is 6.12. The molecule has 0 saturated heterocycles. The van der Waals surface area contributed by atoms with Crippen molar-refractivity contribution in [1.29, 1.82) is 0 Å². The second-order valence-corrected chi connectivity index (χ2v) is 2.60. The fourth-order valence-electron chi connectivity index (χ4n) is 0.830. The summed E-state index contributed by atoms with van der Waals surface area (Å²) in [7, 11) is 0. The molecule has 66 valence electrons. The van der Waals surface area contributed by atoms with Gasteiger partial charge < -0.3 is 15.3 Å². The van der Waals surface area contributed by atoms with Gasteiger partial charge in [-0.15, -0.1) is 0 Å². The van der Waals surface area contributed by atoms with Crippen molar-refractivity contribution in [3.8, 4) is 0 Å². The first kappa shape index (κ1) is 10.6. The fraction of sp³-hybridized carbons (Fsp3) is 0.750. The summed E-state index contributed by atoms with van der Waals surface area (Å²) in [4.78, 5) is 0. The number of aliphatic hydroxyl groups excluding tert-OH is 3. The third-order valence-corrected chi connectivity index (χ3v) is 1.39. The molecule has 0 spiro atoms. The molecule has 0 aliphatic carbocycles. The molecule has 0 aliphatic rings. The Balaban J connectivity index is 3.57. The van der Waals surface area contributed by atoms with Crippen LogP contribution in [0.15, 0.2) is 11.6 Å². The summed E-state index contributed by atoms with van der Waals surface area (Å²) in [6.45, 7) is 1.80. The Labute approximate surface area is 67.0 Å². The second-order valence-electron chi connectivity index (χ2n) is 2.60. The SMILES string of the molecule is C/C(=C/CCO)C[C@H](O)CO. The van der Waals surface area contributed by atoms with Gasteiger partial charge in [-0.25, -0.2) is 0 Å². The topological polar surface area (TPSA) is 60.7 Å². The molecule has 0 radical (unpaired) electrons. The number of rotatable bonds is 5. The van der Waals surface area contributed by atoms with Crippen LogP contribution in [0.2, 0.25) is 0 Å². The van der Waals surface area contributed by atoms with Gasteiger partial charge >= 0.3 is 0 Å². The zero-order valence-electron chi connectivity index (χ0n) is 6.82. The number of hydrogen-bond acceptors (Lipinski definition) is 3. The number of aliphatic hydroxyl groups is 3. The molecule has 0 aliphatic heterocycles. The van der Waals surface area contributed by atoms with Gasteiger partial charge in [0.2, 0.25) is 0 Å². The van der Waals surface area contributed by atoms with Crippen LogP contribution in [-0.2, 0) is 0 Å². The lowest BCUT2D eigenvalue weighted by atomic mass is 10.1. The zero-order chi connectivity index (χ0) is 8.69. The average Bonchev–Trinajstić information content (AvgIpc) is 2.00. The molecule has 1 atom stereocenters. The summed E-state index contributed by atoms with van der Waals surface area (Å²) in [5, 5.41) is 25.9. The summed E-state index contributed by atoms with van der Waals surface area (Å²) in [5.41, 5.74) is 1.00. The molecule has 0 bridgehead atoms. The summed E-state index contributed by atoms with van der Waals surface area (Å²) in [6, 6.07) is 0. The molecule has 0 aromatic heterocycles. The van der Waals surface area contributed by atoms with Gasteiger partial charge in [-0.05, 0) is 19.8 Å². The lowest BCUT2D eigenvalue weighted by molar-refractivity contribution is 0.0954. The van der Waals surface area contributed by atoms with Crippen molar-refractivity contribution in [3.63, 3.8) is 0 Å². The first-order valence-corrected chi connectivity index (χ1v) is 3.76. The Bertz CT molecular complexity index is 121. The highest BCUT2D eigenvalue weighted by Gasteiger charge is 2.01. The predicted molar refractivity (Wildman–Crippen MR) is 43.2 cm³/mol. The van der Waals surface area contributed by atoms with Crippen LogP contribution in [0.4, 0.5) is 0 Å². The molecule has 11 heavy (non-hydrogen) atoms. The standard InChI is InChI=1S/C8H16O3/c1-7(3-2-4-9)5-8(11)6-10/h3,8-11H,2,4-6H2,1H3/b7-3-/t8-/m0/s1. The van der Waals surface area contributed by atoms with Gasteiger partial charge in [0.1, 0.15) is 0 Å². The van der Waals surface area contributed by atoms with Gasteiger partial charge in [-0.3, -0.25) is 0 Å². The molecule has 0 rings (SSSR count). The van der Waals surface area contributed by atoms with Gasteiger partial charge in [0.15, 0.2) is 0 Å². The smallest absolute Gasteiger partial charge is 0.0807 e. The highest BCUT2D eigenvalue weighted by molar-refractivity contribution is 4.99. The molecule has 0 aromatic carbocycles. The van der Waals surface area contributed by atoms with E-state index in [1.54, 1.807) is 0 Å². The van der Waals surface area contributed by atoms with Crippen molar-refractivity contribution >= 4 is 0 Å². The molecule has 3 heteroatoms. The van der Waals surface area contributed by atoms with Crippen molar-refractivity contribution in [2.45, 2.75) is 25.9 Å². The van der Waals surface area contributed by atoms with Crippen LogP contribution < -0.4 is 0 Å². The van der Waals surface area contributed by atoms with Crippen molar-refractivity contribution < 1.29 is 15.3 Å². The van der Waals surface area contributed by atoms with E-state index in [0.717, 1.165) is 5.57 Å². The van der Waals surface area contributed by atoms with Crippen LogP contribution in [0.25, 0.3) is 0 Å². The highest BCUT2D eigenvalue weighted by Crippen LogP contribution is 2.04. The molecule has 0 amide bonds. The first-order valence-electron chi connectivity index (χ1n) is 3.76. The normalized spacial score (nSPS) is 15.1. The van der Waals surface area contributed by atoms with Gasteiger partial charge in [-0.1, -0.05) is 11.6 Å². The third-order valence-electron chi connectivity index (χ3n) is 1.39. The van der Waals surface area contributed by atoms with Crippen molar-refractivity contribution in [3.05, 3.63) is 11.6 Å². The van der Waals surface area contributed by atoms with Crippen LogP contribution in [0.5, 0.6) is 0 Å². The lowest BCUT2D eigenvalue weighted by Gasteiger charge is -2.06. The van der Waals surface area contributed by atoms with Crippen LogP contribution in [0.3, 0.4) is 0 Å². The second kappa shape index (κ2) is 6.34. The van der Waals surface area contributed by atoms with E-state index in [2.05, 4.69) is 0 Å². The van der Waals surface area contributed by atoms with Gasteiger partial charge in [0.05, 0.1) is 12.7 Å². The summed E-state index contributed by atoms with van der Waals surface area (Å²) < 4.78 is 0. The van der Waals surface area contributed by atoms with Crippen LogP contribution in [0, 0.1) is 0 Å². The molecule has 0 unspecified atom stereocenters. The molecular weight excluding hydrogens is 144 g/mol. The molecule has 3 nitrogen and oxygen atoms in total. The minimum absolute atomic E-state index is 0.132. The average molecular weight is 160 g/mol. The maximum atomic E-state index is 8.97. The van der Waals surface area contributed by atoms with E-state index < -0.39 is 6.10 Å². The van der Waals surface area contributed by atoms with Crippen LogP contribution in [-0.4, -0.2) is 34.6 Å². The Morgan fingerprint density at radius 2 is 2.09 bits per heavy atom. The Morgan fingerprint density at radius 1 is 1.45 bits per heavy atom. The van der Waals surface area contributed by atoms with Crippen molar-refractivity contribution in [2.24, 2.45) is 0 Å². The van der Waals surface area contributed by atoms with E-state index in [-0.39, 0.29) is 13.2 Å². The molecule has 0 heterocycles. The van der Waals surface area contributed by atoms with E-state index in [4.69, 9.17) is 15.3 Å². The minimum atomic E-state index is -0.662. The maximum Gasteiger partial charge on any atom is 0.0807 e. The minimum Gasteiger partial charge on any atom is -0.396 e. The Hall–Kier alpha value is -0.380. The lowest BCUT2D eigenvalue weighted by Crippen LogP contribution is -2.11. The van der Waals surface area contributed by atoms with Gasteiger partial charge in [-0.2, -0.15) is 0 Å². The van der Waals surface area contributed by atoms with E-state index >= 15 is 0 Å². The number of hydrogen-bond donors (Lipinski definition) is 3. The monoisotopic (exact) mass is 160 g/mol. The largest absolute Gasteiger partial charge is 0.396 e. The van der Waals surface area contributed by atoms with Crippen LogP contribution in [0.1, 0.15) is 19.8 Å². The van der Waals surface area contributed by atoms with Gasteiger partial charge in [0.25, 0.3) is 0 Å². The van der Waals surface area contributed by atoms with Crippen molar-refractivity contribution in [2.75, 3.05) is 13.2 Å². The summed E-state index contributed by atoms with van der Waals surface area (Å²) in [6.07, 6.45) is 2.30. The Morgan fingerprint density at radius 3 is 2.55 bits per heavy atom. The summed E-state index contributed by atoms with van der Waals surface area (Å²) >= 11 is 0. The first-order chi connectivity index (χ1) is 5.20. The maximum absolute atomic E-state index is 8.97. The molecule has 0 aromatic rings.